The SMILES string of the molecule is C#C.C\C=C/C=C\C=C\c1nc(CCCc2ccc(CN(CC)C(=O)Oc3ccc(CC)cc3)cc2)c(C)o1.O=CO. The second-order valence-electron chi connectivity index (χ2n) is 8.98. The molecule has 0 radical (unpaired) electrons. The van der Waals surface area contributed by atoms with Gasteiger partial charge in [0.15, 0.2) is 0 Å². The summed E-state index contributed by atoms with van der Waals surface area (Å²) >= 11 is 0. The van der Waals surface area contributed by atoms with Crippen LogP contribution in [0.25, 0.3) is 6.08 Å². The predicted molar refractivity (Wildman–Crippen MR) is 169 cm³/mol. The minimum Gasteiger partial charge on any atom is -0.483 e. The zero-order valence-electron chi connectivity index (χ0n) is 25.0. The van der Waals surface area contributed by atoms with Crippen LogP contribution in [0.15, 0.2) is 83.3 Å². The van der Waals surface area contributed by atoms with Gasteiger partial charge in [-0.3, -0.25) is 4.79 Å². The third-order valence-electron chi connectivity index (χ3n) is 6.13. The van der Waals surface area contributed by atoms with Crippen molar-refractivity contribution in [3.8, 4) is 18.6 Å². The number of oxazole rings is 1. The molecule has 0 atom stereocenters. The molecule has 1 N–H and O–H groups in total. The van der Waals surface area contributed by atoms with Crippen molar-refractivity contribution in [1.29, 1.82) is 0 Å². The Labute approximate surface area is 250 Å². The first-order chi connectivity index (χ1) is 20.4. The van der Waals surface area contributed by atoms with E-state index in [2.05, 4.69) is 49.0 Å². The Kier molecular flexibility index (Phi) is 17.6. The van der Waals surface area contributed by atoms with Gasteiger partial charge in [-0.25, -0.2) is 9.78 Å². The number of terminal acetylenes is 1. The number of hydrogen-bond donors (Lipinski definition) is 1. The van der Waals surface area contributed by atoms with Crippen LogP contribution in [0.4, 0.5) is 4.79 Å². The third kappa shape index (κ3) is 13.0. The van der Waals surface area contributed by atoms with Gasteiger partial charge in [-0.1, -0.05) is 73.7 Å². The van der Waals surface area contributed by atoms with E-state index in [4.69, 9.17) is 19.1 Å². The molecule has 3 aromatic rings. The van der Waals surface area contributed by atoms with Crippen molar-refractivity contribution >= 4 is 18.6 Å². The molecule has 0 spiro atoms. The van der Waals surface area contributed by atoms with Gasteiger partial charge in [0.2, 0.25) is 5.89 Å². The lowest BCUT2D eigenvalue weighted by Crippen LogP contribution is -2.32. The standard InChI is InChI=1S/C32H38N2O3.C2H2.CH2O2/c1-5-8-9-10-11-15-31-33-30(25(4)36-31)14-12-13-27-16-18-28(19-17-27)24-34(7-3)32(35)37-29-22-20-26(6-2)21-23-29;1-2;2-1-3/h5,8-11,15-23H,6-7,12-14,24H2,1-4H3;1-2H;1H,(H,2,3)/b8-5-,10-9-,15-11+;;. The molecule has 3 rings (SSSR count). The second-order valence-corrected chi connectivity index (χ2v) is 8.98. The Hall–Kier alpha value is -4.83. The molecular formula is C35H42N2O5. The van der Waals surface area contributed by atoms with Crippen LogP contribution in [0, 0.1) is 19.8 Å². The third-order valence-corrected chi connectivity index (χ3v) is 6.13. The van der Waals surface area contributed by atoms with Crippen LogP contribution in [-0.2, 0) is 30.6 Å². The molecule has 2 aromatic carbocycles. The summed E-state index contributed by atoms with van der Waals surface area (Å²) in [5, 5.41) is 6.89. The fraction of sp³-hybridized carbons (Fsp3) is 0.286. The lowest BCUT2D eigenvalue weighted by molar-refractivity contribution is -0.122. The summed E-state index contributed by atoms with van der Waals surface area (Å²) < 4.78 is 11.3. The number of hydrogen-bond acceptors (Lipinski definition) is 5. The van der Waals surface area contributed by atoms with E-state index >= 15 is 0 Å². The summed E-state index contributed by atoms with van der Waals surface area (Å²) in [5.41, 5.74) is 4.57. The Bertz CT molecular complexity index is 1300. The predicted octanol–water partition coefficient (Wildman–Crippen LogP) is 7.84. The van der Waals surface area contributed by atoms with Gasteiger partial charge in [0, 0.05) is 19.2 Å². The van der Waals surface area contributed by atoms with Crippen LogP contribution in [0.2, 0.25) is 0 Å². The van der Waals surface area contributed by atoms with Gasteiger partial charge in [0.1, 0.15) is 11.5 Å². The molecule has 1 amide bonds. The zero-order valence-corrected chi connectivity index (χ0v) is 25.0. The van der Waals surface area contributed by atoms with Gasteiger partial charge in [0.05, 0.1) is 5.69 Å². The number of nitrogens with zero attached hydrogens (tertiary/aromatic N) is 2. The Morgan fingerprint density at radius 2 is 1.55 bits per heavy atom. The van der Waals surface area contributed by atoms with E-state index in [1.54, 1.807) is 4.90 Å². The zero-order chi connectivity index (χ0) is 31.2. The largest absolute Gasteiger partial charge is 0.483 e. The monoisotopic (exact) mass is 570 g/mol. The van der Waals surface area contributed by atoms with E-state index in [-0.39, 0.29) is 12.6 Å². The van der Waals surface area contributed by atoms with Crippen molar-refractivity contribution < 1.29 is 23.8 Å². The number of rotatable bonds is 12. The minimum atomic E-state index is -0.332. The van der Waals surface area contributed by atoms with Gasteiger partial charge < -0.3 is 19.2 Å². The first-order valence-corrected chi connectivity index (χ1v) is 13.9. The molecule has 0 fully saturated rings. The van der Waals surface area contributed by atoms with Gasteiger partial charge in [-0.2, -0.15) is 0 Å². The smallest absolute Gasteiger partial charge is 0.415 e. The van der Waals surface area contributed by atoms with E-state index in [0.29, 0.717) is 24.7 Å². The maximum Gasteiger partial charge on any atom is 0.415 e. The maximum atomic E-state index is 12.7. The number of aryl methyl sites for hydroxylation is 4. The first kappa shape index (κ1) is 35.2. The number of carboxylic acid groups (broad SMARTS) is 1. The van der Waals surface area contributed by atoms with Crippen molar-refractivity contribution in [2.24, 2.45) is 0 Å². The number of allylic oxidation sites excluding steroid dienone is 5. The summed E-state index contributed by atoms with van der Waals surface area (Å²) in [5.74, 6) is 2.09. The minimum absolute atomic E-state index is 0.250. The molecule has 1 heterocycles. The van der Waals surface area contributed by atoms with Crippen LogP contribution in [0.3, 0.4) is 0 Å². The fourth-order valence-electron chi connectivity index (χ4n) is 3.89. The molecule has 7 heteroatoms. The summed E-state index contributed by atoms with van der Waals surface area (Å²) in [6.07, 6.45) is 23.1. The lowest BCUT2D eigenvalue weighted by Gasteiger charge is -2.20. The van der Waals surface area contributed by atoms with Crippen LogP contribution < -0.4 is 4.74 Å². The second kappa shape index (κ2) is 21.0. The lowest BCUT2D eigenvalue weighted by atomic mass is 10.0. The van der Waals surface area contributed by atoms with Crippen molar-refractivity contribution in [3.63, 3.8) is 0 Å². The van der Waals surface area contributed by atoms with Gasteiger partial charge in [0.25, 0.3) is 6.47 Å². The highest BCUT2D eigenvalue weighted by Gasteiger charge is 2.15. The van der Waals surface area contributed by atoms with Crippen molar-refractivity contribution in [3.05, 3.63) is 113 Å². The number of carbonyl (C=O) groups excluding carboxylic acids is 1. The summed E-state index contributed by atoms with van der Waals surface area (Å²) in [4.78, 5) is 27.3. The topological polar surface area (TPSA) is 92.9 Å². The van der Waals surface area contributed by atoms with Gasteiger partial charge in [-0.15, -0.1) is 12.8 Å². The van der Waals surface area contributed by atoms with Crippen molar-refractivity contribution in [2.45, 2.75) is 59.9 Å². The molecule has 1 aromatic heterocycles. The summed E-state index contributed by atoms with van der Waals surface area (Å²) in [6, 6.07) is 16.1. The van der Waals surface area contributed by atoms with Crippen LogP contribution >= 0.6 is 0 Å². The van der Waals surface area contributed by atoms with Gasteiger partial charge >= 0.3 is 6.09 Å². The molecule has 7 nitrogen and oxygen atoms in total. The number of ether oxygens (including phenoxy) is 1. The molecule has 0 aliphatic rings. The van der Waals surface area contributed by atoms with Crippen LogP contribution in [0.5, 0.6) is 5.75 Å². The molecule has 0 aliphatic carbocycles. The molecule has 0 bridgehead atoms. The molecular weight excluding hydrogens is 528 g/mol. The molecule has 222 valence electrons. The molecule has 0 saturated carbocycles. The number of amides is 1. The van der Waals surface area contributed by atoms with Crippen molar-refractivity contribution in [2.75, 3.05) is 6.54 Å². The van der Waals surface area contributed by atoms with Crippen LogP contribution in [0.1, 0.15) is 61.2 Å². The Morgan fingerprint density at radius 3 is 2.14 bits per heavy atom. The molecule has 42 heavy (non-hydrogen) atoms. The van der Waals surface area contributed by atoms with E-state index in [1.807, 2.05) is 81.5 Å². The quantitative estimate of drug-likeness (QED) is 0.135. The van der Waals surface area contributed by atoms with Crippen molar-refractivity contribution in [1.82, 2.24) is 9.88 Å². The number of carbonyl (C=O) groups is 2. The average Bonchev–Trinajstić information content (AvgIpc) is 3.37. The molecule has 0 aliphatic heterocycles. The highest BCUT2D eigenvalue weighted by molar-refractivity contribution is 5.70. The van der Waals surface area contributed by atoms with Gasteiger partial charge in [-0.05, 0) is 75.3 Å². The number of benzene rings is 2. The van der Waals surface area contributed by atoms with Crippen LogP contribution in [-0.4, -0.2) is 34.1 Å². The average molecular weight is 571 g/mol. The Balaban J connectivity index is 0.00000165. The Morgan fingerprint density at radius 1 is 0.952 bits per heavy atom. The van der Waals surface area contributed by atoms with E-state index in [9.17, 15) is 4.79 Å². The highest BCUT2D eigenvalue weighted by atomic mass is 16.6. The summed E-state index contributed by atoms with van der Waals surface area (Å²) in [6.45, 7) is 8.86. The first-order valence-electron chi connectivity index (χ1n) is 13.9. The summed E-state index contributed by atoms with van der Waals surface area (Å²) in [7, 11) is 0. The van der Waals surface area contributed by atoms with E-state index in [1.165, 1.54) is 11.1 Å². The fourth-order valence-corrected chi connectivity index (χ4v) is 3.89. The molecule has 0 unspecified atom stereocenters. The highest BCUT2D eigenvalue weighted by Crippen LogP contribution is 2.17. The molecule has 0 saturated heterocycles. The van der Waals surface area contributed by atoms with E-state index in [0.717, 1.165) is 42.7 Å². The normalized spacial score (nSPS) is 10.6. The van der Waals surface area contributed by atoms with E-state index < -0.39 is 0 Å². The number of aromatic nitrogens is 1. The maximum absolute atomic E-state index is 12.7.